The molecule has 3 rings (SSSR count). The maximum atomic E-state index is 9.97. The quantitative estimate of drug-likeness (QED) is 0.783. The van der Waals surface area contributed by atoms with Crippen LogP contribution in [-0.2, 0) is 6.61 Å². The molecule has 1 N–H and O–H groups in total. The summed E-state index contributed by atoms with van der Waals surface area (Å²) in [6.45, 7) is 4.15. The zero-order valence-electron chi connectivity index (χ0n) is 12.0. The van der Waals surface area contributed by atoms with E-state index in [1.54, 1.807) is 18.3 Å². The van der Waals surface area contributed by atoms with Crippen molar-refractivity contribution in [2.75, 3.05) is 0 Å². The smallest absolute Gasteiger partial charge is 0.133 e. The van der Waals surface area contributed by atoms with Gasteiger partial charge in [0, 0.05) is 16.3 Å². The molecule has 1 atom stereocenters. The SMILES string of the molecule is Cc1nc(COc2c([C@@H](C)O)ccc3ccccc23)cs1. The van der Waals surface area contributed by atoms with Gasteiger partial charge < -0.3 is 9.84 Å². The molecule has 0 saturated carbocycles. The molecule has 3 nitrogen and oxygen atoms in total. The predicted octanol–water partition coefficient (Wildman–Crippen LogP) is 4.24. The van der Waals surface area contributed by atoms with E-state index in [4.69, 9.17) is 4.74 Å². The summed E-state index contributed by atoms with van der Waals surface area (Å²) >= 11 is 1.61. The fourth-order valence-electron chi connectivity index (χ4n) is 2.37. The molecule has 1 aromatic heterocycles. The number of nitrogens with zero attached hydrogens (tertiary/aromatic N) is 1. The van der Waals surface area contributed by atoms with Crippen LogP contribution >= 0.6 is 11.3 Å². The van der Waals surface area contributed by atoms with E-state index in [-0.39, 0.29) is 0 Å². The van der Waals surface area contributed by atoms with Crippen LogP contribution in [0.4, 0.5) is 0 Å². The molecule has 0 saturated heterocycles. The highest BCUT2D eigenvalue weighted by atomic mass is 32.1. The summed E-state index contributed by atoms with van der Waals surface area (Å²) in [7, 11) is 0. The minimum Gasteiger partial charge on any atom is -0.486 e. The Morgan fingerprint density at radius 3 is 2.76 bits per heavy atom. The summed E-state index contributed by atoms with van der Waals surface area (Å²) in [5, 5.41) is 15.1. The highest BCUT2D eigenvalue weighted by Gasteiger charge is 2.13. The first-order valence-corrected chi connectivity index (χ1v) is 7.76. The Bertz CT molecular complexity index is 764. The number of benzene rings is 2. The highest BCUT2D eigenvalue weighted by Crippen LogP contribution is 2.34. The van der Waals surface area contributed by atoms with E-state index in [1.807, 2.05) is 48.7 Å². The van der Waals surface area contributed by atoms with Gasteiger partial charge in [0.2, 0.25) is 0 Å². The van der Waals surface area contributed by atoms with Crippen molar-refractivity contribution in [1.29, 1.82) is 0 Å². The molecule has 0 aliphatic heterocycles. The number of thiazole rings is 1. The fourth-order valence-corrected chi connectivity index (χ4v) is 2.97. The van der Waals surface area contributed by atoms with Crippen LogP contribution in [-0.4, -0.2) is 10.1 Å². The molecule has 0 bridgehead atoms. The monoisotopic (exact) mass is 299 g/mol. The Morgan fingerprint density at radius 2 is 2.05 bits per heavy atom. The van der Waals surface area contributed by atoms with Crippen molar-refractivity contribution in [3.05, 3.63) is 58.0 Å². The minimum atomic E-state index is -0.568. The third-order valence-electron chi connectivity index (χ3n) is 3.39. The largest absolute Gasteiger partial charge is 0.486 e. The summed E-state index contributed by atoms with van der Waals surface area (Å²) in [6, 6.07) is 12.0. The molecule has 0 amide bonds. The molecule has 1 heterocycles. The van der Waals surface area contributed by atoms with Gasteiger partial charge in [-0.1, -0.05) is 36.4 Å². The van der Waals surface area contributed by atoms with E-state index in [0.29, 0.717) is 6.61 Å². The van der Waals surface area contributed by atoms with Crippen molar-refractivity contribution in [3.63, 3.8) is 0 Å². The van der Waals surface area contributed by atoms with Crippen molar-refractivity contribution < 1.29 is 9.84 Å². The fraction of sp³-hybridized carbons (Fsp3) is 0.235. The number of hydrogen-bond donors (Lipinski definition) is 1. The summed E-state index contributed by atoms with van der Waals surface area (Å²) in [4.78, 5) is 4.41. The van der Waals surface area contributed by atoms with Crippen LogP contribution in [0.1, 0.15) is 29.3 Å². The lowest BCUT2D eigenvalue weighted by molar-refractivity contribution is 0.190. The van der Waals surface area contributed by atoms with E-state index in [0.717, 1.165) is 32.8 Å². The van der Waals surface area contributed by atoms with E-state index < -0.39 is 6.10 Å². The molecule has 4 heteroatoms. The minimum absolute atomic E-state index is 0.415. The van der Waals surface area contributed by atoms with E-state index in [2.05, 4.69) is 4.98 Å². The van der Waals surface area contributed by atoms with E-state index in [1.165, 1.54) is 0 Å². The van der Waals surface area contributed by atoms with Gasteiger partial charge in [0.05, 0.1) is 16.8 Å². The number of aliphatic hydroxyl groups is 1. The molecule has 3 aromatic rings. The van der Waals surface area contributed by atoms with Crippen LogP contribution in [0, 0.1) is 6.92 Å². The van der Waals surface area contributed by atoms with Gasteiger partial charge in [-0.3, -0.25) is 0 Å². The number of ether oxygens (including phenoxy) is 1. The molecular formula is C17H17NO2S. The number of aliphatic hydroxyl groups excluding tert-OH is 1. The second-order valence-corrected chi connectivity index (χ2v) is 6.09. The second kappa shape index (κ2) is 5.84. The number of fused-ring (bicyclic) bond motifs is 1. The molecule has 2 aromatic carbocycles. The normalized spacial score (nSPS) is 12.5. The average molecular weight is 299 g/mol. The Kier molecular flexibility index (Phi) is 3.90. The van der Waals surface area contributed by atoms with Gasteiger partial charge in [0.15, 0.2) is 0 Å². The van der Waals surface area contributed by atoms with Crippen LogP contribution in [0.2, 0.25) is 0 Å². The first-order valence-electron chi connectivity index (χ1n) is 6.88. The van der Waals surface area contributed by atoms with Crippen LogP contribution < -0.4 is 4.74 Å². The maximum Gasteiger partial charge on any atom is 0.133 e. The Labute approximate surface area is 127 Å². The average Bonchev–Trinajstić information content (AvgIpc) is 2.90. The van der Waals surface area contributed by atoms with Crippen molar-refractivity contribution in [2.45, 2.75) is 26.6 Å². The summed E-state index contributed by atoms with van der Waals surface area (Å²) in [5.41, 5.74) is 1.72. The number of aromatic nitrogens is 1. The van der Waals surface area contributed by atoms with Crippen LogP contribution in [0.5, 0.6) is 5.75 Å². The molecule has 0 fully saturated rings. The predicted molar refractivity (Wildman–Crippen MR) is 85.8 cm³/mol. The van der Waals surface area contributed by atoms with Gasteiger partial charge in [0.1, 0.15) is 12.4 Å². The molecule has 0 radical (unpaired) electrons. The highest BCUT2D eigenvalue weighted by molar-refractivity contribution is 7.09. The van der Waals surface area contributed by atoms with Gasteiger partial charge in [-0.2, -0.15) is 0 Å². The third-order valence-corrected chi connectivity index (χ3v) is 4.21. The summed E-state index contributed by atoms with van der Waals surface area (Å²) in [5.74, 6) is 0.744. The first kappa shape index (κ1) is 14.0. The van der Waals surface area contributed by atoms with Gasteiger partial charge in [-0.15, -0.1) is 11.3 Å². The Morgan fingerprint density at radius 1 is 1.24 bits per heavy atom. The maximum absolute atomic E-state index is 9.97. The zero-order chi connectivity index (χ0) is 14.8. The topological polar surface area (TPSA) is 42.4 Å². The molecular weight excluding hydrogens is 282 g/mol. The molecule has 0 spiro atoms. The Balaban J connectivity index is 1.99. The first-order chi connectivity index (χ1) is 10.1. The summed E-state index contributed by atoms with van der Waals surface area (Å²) < 4.78 is 6.00. The number of rotatable bonds is 4. The van der Waals surface area contributed by atoms with Crippen molar-refractivity contribution in [1.82, 2.24) is 4.98 Å². The molecule has 0 aliphatic rings. The van der Waals surface area contributed by atoms with Gasteiger partial charge in [0.25, 0.3) is 0 Å². The molecule has 0 unspecified atom stereocenters. The standard InChI is InChI=1S/C17H17NO2S/c1-11(19)15-8-7-13-5-3-4-6-16(13)17(15)20-9-14-10-21-12(2)18-14/h3-8,10-11,19H,9H2,1-2H3/t11-/m1/s1. The van der Waals surface area contributed by atoms with Crippen LogP contribution in [0.3, 0.4) is 0 Å². The number of aryl methyl sites for hydroxylation is 1. The third kappa shape index (κ3) is 2.91. The Hall–Kier alpha value is -1.91. The van der Waals surface area contributed by atoms with E-state index >= 15 is 0 Å². The van der Waals surface area contributed by atoms with Crippen LogP contribution in [0.25, 0.3) is 10.8 Å². The van der Waals surface area contributed by atoms with Gasteiger partial charge in [-0.25, -0.2) is 4.98 Å². The lowest BCUT2D eigenvalue weighted by Crippen LogP contribution is -2.02. The van der Waals surface area contributed by atoms with Crippen molar-refractivity contribution in [2.24, 2.45) is 0 Å². The zero-order valence-corrected chi connectivity index (χ0v) is 12.9. The van der Waals surface area contributed by atoms with Gasteiger partial charge in [-0.05, 0) is 19.2 Å². The number of hydrogen-bond acceptors (Lipinski definition) is 4. The second-order valence-electron chi connectivity index (χ2n) is 5.03. The molecule has 21 heavy (non-hydrogen) atoms. The van der Waals surface area contributed by atoms with Crippen LogP contribution in [0.15, 0.2) is 41.8 Å². The van der Waals surface area contributed by atoms with E-state index in [9.17, 15) is 5.11 Å². The lowest BCUT2D eigenvalue weighted by atomic mass is 10.0. The lowest BCUT2D eigenvalue weighted by Gasteiger charge is -2.15. The van der Waals surface area contributed by atoms with Crippen molar-refractivity contribution in [3.8, 4) is 5.75 Å². The molecule has 108 valence electrons. The van der Waals surface area contributed by atoms with Gasteiger partial charge >= 0.3 is 0 Å². The summed E-state index contributed by atoms with van der Waals surface area (Å²) in [6.07, 6.45) is -0.568. The molecule has 0 aliphatic carbocycles. The van der Waals surface area contributed by atoms with Crippen molar-refractivity contribution >= 4 is 22.1 Å².